The Kier molecular flexibility index (Phi) is 7.92. The van der Waals surface area contributed by atoms with Crippen molar-refractivity contribution in [3.05, 3.63) is 83.7 Å². The van der Waals surface area contributed by atoms with Gasteiger partial charge in [-0.25, -0.2) is 0 Å². The van der Waals surface area contributed by atoms with Crippen molar-refractivity contribution in [1.29, 1.82) is 0 Å². The molecule has 6 rings (SSSR count). The molecule has 9 heteroatoms. The zero-order valence-corrected chi connectivity index (χ0v) is 24.0. The fourth-order valence-electron chi connectivity index (χ4n) is 7.80. The Labute approximate surface area is 249 Å². The SMILES string of the molecule is Nc1ccncc1C(=O)NC1CC[C@@H]2C(CCCCC3(C(=O)NCC(F)(F)F)c4ccccc4-c4ccccc43)[C@@H]2CC1. The molecule has 226 valence electrons. The smallest absolute Gasteiger partial charge is 0.398 e. The number of fused-ring (bicyclic) bond motifs is 4. The van der Waals surface area contributed by atoms with Crippen molar-refractivity contribution in [3.8, 4) is 11.1 Å². The van der Waals surface area contributed by atoms with Crippen LogP contribution in [-0.4, -0.2) is 35.6 Å². The van der Waals surface area contributed by atoms with Gasteiger partial charge in [0, 0.05) is 24.1 Å². The minimum absolute atomic E-state index is 0.123. The Hall–Kier alpha value is -3.88. The number of carbonyl (C=O) groups excluding carboxylic acids is 2. The normalized spacial score (nSPS) is 23.3. The van der Waals surface area contributed by atoms with Crippen LogP contribution in [0.4, 0.5) is 18.9 Å². The molecule has 2 unspecified atom stereocenters. The summed E-state index contributed by atoms with van der Waals surface area (Å²) >= 11 is 0. The van der Waals surface area contributed by atoms with Crippen molar-refractivity contribution in [2.24, 2.45) is 17.8 Å². The largest absolute Gasteiger partial charge is 0.405 e. The van der Waals surface area contributed by atoms with Crippen LogP contribution < -0.4 is 16.4 Å². The number of nitrogens with one attached hydrogen (secondary N) is 2. The number of halogens is 3. The van der Waals surface area contributed by atoms with E-state index in [0.717, 1.165) is 67.2 Å². The molecule has 1 aromatic heterocycles. The van der Waals surface area contributed by atoms with E-state index < -0.39 is 24.0 Å². The topological polar surface area (TPSA) is 97.1 Å². The standard InChI is InChI=1S/C34H37F3N4O2/c35-34(36,37)20-40-32(43)33(28-10-3-1-8-25(28)26-9-2-4-11-29(26)33)17-6-5-7-22-23-14-12-21(13-15-24(22)23)41-31(42)27-19-39-18-16-30(27)38/h1-4,8-11,16,18-19,21-24H,5-7,12-15,17,20H2,(H2,38,39)(H,40,43)(H,41,42)/t21?,22?,23-,24+. The van der Waals surface area contributed by atoms with E-state index in [1.54, 1.807) is 12.3 Å². The summed E-state index contributed by atoms with van der Waals surface area (Å²) in [6, 6.07) is 16.9. The molecule has 2 amide bonds. The Bertz CT molecular complexity index is 1450. The van der Waals surface area contributed by atoms with Crippen LogP contribution >= 0.6 is 0 Å². The van der Waals surface area contributed by atoms with Gasteiger partial charge in [-0.05, 0) is 84.6 Å². The molecule has 2 aromatic carbocycles. The highest BCUT2D eigenvalue weighted by Gasteiger charge is 2.51. The number of carbonyl (C=O) groups is 2. The third-order valence-electron chi connectivity index (χ3n) is 9.88. The van der Waals surface area contributed by atoms with Crippen LogP contribution in [0.25, 0.3) is 11.1 Å². The number of rotatable bonds is 9. The molecule has 4 atom stereocenters. The van der Waals surface area contributed by atoms with Crippen LogP contribution in [-0.2, 0) is 10.2 Å². The highest BCUT2D eigenvalue weighted by molar-refractivity contribution is 6.00. The number of pyridine rings is 1. The number of alkyl halides is 3. The summed E-state index contributed by atoms with van der Waals surface area (Å²) in [7, 11) is 0. The number of nitrogens with zero attached hydrogens (tertiary/aromatic N) is 1. The number of hydrogen-bond donors (Lipinski definition) is 3. The lowest BCUT2D eigenvalue weighted by molar-refractivity contribution is -0.141. The molecule has 0 radical (unpaired) electrons. The van der Waals surface area contributed by atoms with E-state index in [1.165, 1.54) is 6.20 Å². The summed E-state index contributed by atoms with van der Waals surface area (Å²) in [6.45, 7) is -1.35. The number of amides is 2. The summed E-state index contributed by atoms with van der Waals surface area (Å²) in [5.41, 5.74) is 9.03. The van der Waals surface area contributed by atoms with E-state index in [1.807, 2.05) is 48.5 Å². The minimum atomic E-state index is -4.48. The van der Waals surface area contributed by atoms with Crippen molar-refractivity contribution in [1.82, 2.24) is 15.6 Å². The first-order chi connectivity index (χ1) is 20.7. The molecule has 3 aliphatic rings. The molecule has 6 nitrogen and oxygen atoms in total. The molecule has 0 spiro atoms. The summed E-state index contributed by atoms with van der Waals surface area (Å²) in [4.78, 5) is 30.4. The predicted molar refractivity (Wildman–Crippen MR) is 159 cm³/mol. The van der Waals surface area contributed by atoms with E-state index in [2.05, 4.69) is 15.6 Å². The number of aromatic nitrogens is 1. The van der Waals surface area contributed by atoms with Crippen LogP contribution in [0.15, 0.2) is 67.0 Å². The maximum atomic E-state index is 13.7. The quantitative estimate of drug-likeness (QED) is 0.251. The second-order valence-corrected chi connectivity index (χ2v) is 12.3. The second-order valence-electron chi connectivity index (χ2n) is 12.3. The van der Waals surface area contributed by atoms with E-state index in [4.69, 9.17) is 5.73 Å². The molecular formula is C34H37F3N4O2. The van der Waals surface area contributed by atoms with Gasteiger partial charge in [0.25, 0.3) is 5.91 Å². The highest BCUT2D eigenvalue weighted by Crippen LogP contribution is 2.57. The third-order valence-corrected chi connectivity index (χ3v) is 9.88. The zero-order chi connectivity index (χ0) is 30.2. The minimum Gasteiger partial charge on any atom is -0.398 e. The van der Waals surface area contributed by atoms with Gasteiger partial charge in [-0.15, -0.1) is 0 Å². The van der Waals surface area contributed by atoms with Gasteiger partial charge >= 0.3 is 6.18 Å². The number of anilines is 1. The maximum Gasteiger partial charge on any atom is 0.405 e. The van der Waals surface area contributed by atoms with E-state index in [-0.39, 0.29) is 11.9 Å². The number of nitrogens with two attached hydrogens (primary N) is 1. The van der Waals surface area contributed by atoms with Crippen molar-refractivity contribution < 1.29 is 22.8 Å². The lowest BCUT2D eigenvalue weighted by Crippen LogP contribution is -2.47. The molecule has 4 N–H and O–H groups in total. The van der Waals surface area contributed by atoms with Crippen LogP contribution in [0.3, 0.4) is 0 Å². The first kappa shape index (κ1) is 29.2. The van der Waals surface area contributed by atoms with Gasteiger partial charge in [-0.2, -0.15) is 13.2 Å². The molecule has 0 saturated heterocycles. The van der Waals surface area contributed by atoms with Crippen LogP contribution in [0, 0.1) is 17.8 Å². The van der Waals surface area contributed by atoms with Gasteiger partial charge < -0.3 is 16.4 Å². The molecular weight excluding hydrogens is 553 g/mol. The maximum absolute atomic E-state index is 13.7. The third kappa shape index (κ3) is 5.74. The van der Waals surface area contributed by atoms with Crippen LogP contribution in [0.2, 0.25) is 0 Å². The molecule has 2 saturated carbocycles. The molecule has 0 aliphatic heterocycles. The Morgan fingerprint density at radius 3 is 2.14 bits per heavy atom. The Morgan fingerprint density at radius 1 is 0.907 bits per heavy atom. The van der Waals surface area contributed by atoms with Crippen molar-refractivity contribution in [3.63, 3.8) is 0 Å². The summed E-state index contributed by atoms with van der Waals surface area (Å²) in [5, 5.41) is 5.36. The molecule has 0 bridgehead atoms. The van der Waals surface area contributed by atoms with Gasteiger partial charge in [0.15, 0.2) is 0 Å². The van der Waals surface area contributed by atoms with E-state index in [0.29, 0.717) is 35.4 Å². The van der Waals surface area contributed by atoms with Gasteiger partial charge in [0.1, 0.15) is 12.0 Å². The van der Waals surface area contributed by atoms with Gasteiger partial charge in [0.05, 0.1) is 5.56 Å². The fraction of sp³-hybridized carbons (Fsp3) is 0.441. The highest BCUT2D eigenvalue weighted by atomic mass is 19.4. The van der Waals surface area contributed by atoms with Crippen LogP contribution in [0.5, 0.6) is 0 Å². The predicted octanol–water partition coefficient (Wildman–Crippen LogP) is 6.40. The lowest BCUT2D eigenvalue weighted by atomic mass is 9.73. The molecule has 43 heavy (non-hydrogen) atoms. The van der Waals surface area contributed by atoms with E-state index in [9.17, 15) is 22.8 Å². The van der Waals surface area contributed by atoms with Crippen LogP contribution in [0.1, 0.15) is 72.9 Å². The summed E-state index contributed by atoms with van der Waals surface area (Å²) in [5.74, 6) is 1.15. The second kappa shape index (κ2) is 11.7. The molecule has 3 aliphatic carbocycles. The zero-order valence-electron chi connectivity index (χ0n) is 24.0. The average molecular weight is 591 g/mol. The monoisotopic (exact) mass is 590 g/mol. The van der Waals surface area contributed by atoms with Gasteiger partial charge in [0.2, 0.25) is 5.91 Å². The lowest BCUT2D eigenvalue weighted by Gasteiger charge is -2.31. The first-order valence-electron chi connectivity index (χ1n) is 15.2. The van der Waals surface area contributed by atoms with Gasteiger partial charge in [-0.3, -0.25) is 14.6 Å². The number of benzene rings is 2. The average Bonchev–Trinajstić information content (AvgIpc) is 3.64. The van der Waals surface area contributed by atoms with Crippen molar-refractivity contribution in [2.45, 2.75) is 69.0 Å². The summed E-state index contributed by atoms with van der Waals surface area (Å²) < 4.78 is 39.4. The molecule has 3 aromatic rings. The van der Waals surface area contributed by atoms with Gasteiger partial charge in [-0.1, -0.05) is 61.4 Å². The molecule has 2 fully saturated rings. The number of hydrogen-bond acceptors (Lipinski definition) is 4. The summed E-state index contributed by atoms with van der Waals surface area (Å²) in [6.07, 6.45) is 5.73. The first-order valence-corrected chi connectivity index (χ1v) is 15.2. The Morgan fingerprint density at radius 2 is 1.53 bits per heavy atom. The fourth-order valence-corrected chi connectivity index (χ4v) is 7.80. The number of unbranched alkanes of at least 4 members (excludes halogenated alkanes) is 1. The van der Waals surface area contributed by atoms with E-state index >= 15 is 0 Å². The number of nitrogen functional groups attached to an aromatic ring is 1. The van der Waals surface area contributed by atoms with Crippen molar-refractivity contribution >= 4 is 17.5 Å². The molecule has 1 heterocycles. The Balaban J connectivity index is 1.07. The van der Waals surface area contributed by atoms with Crippen molar-refractivity contribution in [2.75, 3.05) is 12.3 Å².